The number of nitrogens with two attached hydrogens (primary N) is 1. The summed E-state index contributed by atoms with van der Waals surface area (Å²) in [5.41, 5.74) is 5.89. The van der Waals surface area contributed by atoms with E-state index in [9.17, 15) is 9.18 Å². The van der Waals surface area contributed by atoms with Crippen LogP contribution in [-0.4, -0.2) is 25.0 Å². The van der Waals surface area contributed by atoms with Crippen molar-refractivity contribution < 1.29 is 9.18 Å². The van der Waals surface area contributed by atoms with Crippen LogP contribution in [0.4, 0.5) is 21.0 Å². The predicted octanol–water partition coefficient (Wildman–Crippen LogP) is 2.18. The molecular weight excluding hydrogens is 267 g/mol. The van der Waals surface area contributed by atoms with Gasteiger partial charge in [-0.1, -0.05) is 23.5 Å². The third-order valence-corrected chi connectivity index (χ3v) is 3.66. The molecule has 0 bridgehead atoms. The maximum absolute atomic E-state index is 13.6. The summed E-state index contributed by atoms with van der Waals surface area (Å²) in [6.07, 6.45) is 0. The quantitative estimate of drug-likeness (QED) is 0.904. The first-order valence-electron chi connectivity index (χ1n) is 5.51. The van der Waals surface area contributed by atoms with Crippen LogP contribution in [0.15, 0.2) is 24.3 Å². The number of carbonyl (C=O) groups excluding carboxylic acids is 1. The molecule has 0 fully saturated rings. The number of rotatable bonds is 3. The van der Waals surface area contributed by atoms with Gasteiger partial charge in [-0.25, -0.2) is 9.37 Å². The van der Waals surface area contributed by atoms with E-state index < -0.39 is 5.82 Å². The highest BCUT2D eigenvalue weighted by Gasteiger charge is 2.22. The zero-order chi connectivity index (χ0) is 14.0. The molecule has 0 saturated heterocycles. The van der Waals surface area contributed by atoms with Gasteiger partial charge in [-0.05, 0) is 12.1 Å². The minimum atomic E-state index is -0.463. The van der Waals surface area contributed by atoms with Crippen LogP contribution in [0.1, 0.15) is 9.67 Å². The van der Waals surface area contributed by atoms with Gasteiger partial charge in [-0.2, -0.15) is 0 Å². The molecule has 0 saturated carbocycles. The van der Waals surface area contributed by atoms with Crippen LogP contribution in [-0.2, 0) is 0 Å². The van der Waals surface area contributed by atoms with Crippen LogP contribution >= 0.6 is 11.3 Å². The number of halogens is 1. The lowest BCUT2D eigenvalue weighted by Crippen LogP contribution is -2.27. The molecule has 3 N–H and O–H groups in total. The average Bonchev–Trinajstić information content (AvgIpc) is 2.79. The normalized spacial score (nSPS) is 10.3. The van der Waals surface area contributed by atoms with Crippen LogP contribution in [0.3, 0.4) is 0 Å². The Morgan fingerprint density at radius 2 is 2.16 bits per heavy atom. The molecule has 0 atom stereocenters. The minimum absolute atomic E-state index is 0.141. The summed E-state index contributed by atoms with van der Waals surface area (Å²) in [4.78, 5) is 17.8. The number of nitrogen functional groups attached to an aromatic ring is 1. The van der Waals surface area contributed by atoms with Crippen molar-refractivity contribution in [1.82, 2.24) is 4.98 Å². The van der Waals surface area contributed by atoms with E-state index in [0.29, 0.717) is 5.13 Å². The second-order valence-corrected chi connectivity index (χ2v) is 4.80. The summed E-state index contributed by atoms with van der Waals surface area (Å²) in [6, 6.07) is 6.06. The van der Waals surface area contributed by atoms with E-state index in [2.05, 4.69) is 10.3 Å². The maximum Gasteiger partial charge on any atom is 0.272 e. The zero-order valence-electron chi connectivity index (χ0n) is 10.5. The molecule has 2 rings (SSSR count). The summed E-state index contributed by atoms with van der Waals surface area (Å²) < 4.78 is 13.6. The van der Waals surface area contributed by atoms with Crippen molar-refractivity contribution in [2.45, 2.75) is 0 Å². The number of thiazole rings is 1. The summed E-state index contributed by atoms with van der Waals surface area (Å²) in [7, 11) is 3.19. The molecule has 19 heavy (non-hydrogen) atoms. The van der Waals surface area contributed by atoms with Crippen molar-refractivity contribution in [1.29, 1.82) is 0 Å². The van der Waals surface area contributed by atoms with Crippen molar-refractivity contribution in [2.75, 3.05) is 30.0 Å². The Hall–Kier alpha value is -2.15. The van der Waals surface area contributed by atoms with Gasteiger partial charge in [0, 0.05) is 14.1 Å². The number of anilines is 3. The highest BCUT2D eigenvalue weighted by Crippen LogP contribution is 2.28. The molecule has 1 aromatic carbocycles. The topological polar surface area (TPSA) is 71.2 Å². The van der Waals surface area contributed by atoms with E-state index in [1.165, 1.54) is 24.1 Å². The molecule has 1 amide bonds. The Balaban J connectivity index is 2.33. The Kier molecular flexibility index (Phi) is 3.66. The van der Waals surface area contributed by atoms with Gasteiger partial charge in [0.25, 0.3) is 5.91 Å². The van der Waals surface area contributed by atoms with Gasteiger partial charge >= 0.3 is 0 Å². The number of hydrogen-bond acceptors (Lipinski definition) is 5. The van der Waals surface area contributed by atoms with E-state index in [1.54, 1.807) is 19.2 Å². The van der Waals surface area contributed by atoms with E-state index >= 15 is 0 Å². The largest absolute Gasteiger partial charge is 0.382 e. The van der Waals surface area contributed by atoms with E-state index in [0.717, 1.165) is 11.3 Å². The number of para-hydroxylation sites is 1. The lowest BCUT2D eigenvalue weighted by Gasteiger charge is -2.16. The molecule has 5 nitrogen and oxygen atoms in total. The lowest BCUT2D eigenvalue weighted by molar-refractivity contribution is 0.0996. The van der Waals surface area contributed by atoms with Gasteiger partial charge in [-0.3, -0.25) is 4.79 Å². The third-order valence-electron chi connectivity index (χ3n) is 2.58. The smallest absolute Gasteiger partial charge is 0.272 e. The van der Waals surface area contributed by atoms with Crippen LogP contribution in [0.2, 0.25) is 0 Å². The van der Waals surface area contributed by atoms with Crippen molar-refractivity contribution >= 4 is 33.9 Å². The summed E-state index contributed by atoms with van der Waals surface area (Å²) >= 11 is 1.14. The fourth-order valence-electron chi connectivity index (χ4n) is 1.58. The van der Waals surface area contributed by atoms with Crippen molar-refractivity contribution in [2.24, 2.45) is 0 Å². The monoisotopic (exact) mass is 280 g/mol. The van der Waals surface area contributed by atoms with Gasteiger partial charge < -0.3 is 16.0 Å². The second-order valence-electron chi connectivity index (χ2n) is 3.80. The predicted molar refractivity (Wildman–Crippen MR) is 75.2 cm³/mol. The molecule has 100 valence electrons. The first-order chi connectivity index (χ1) is 9.04. The number of aromatic nitrogens is 1. The van der Waals surface area contributed by atoms with Crippen molar-refractivity contribution in [3.63, 3.8) is 0 Å². The molecule has 0 unspecified atom stereocenters. The first kappa shape index (κ1) is 13.3. The fourth-order valence-corrected chi connectivity index (χ4v) is 2.39. The summed E-state index contributed by atoms with van der Waals surface area (Å²) in [5.74, 6) is -0.709. The van der Waals surface area contributed by atoms with Crippen molar-refractivity contribution in [3.8, 4) is 0 Å². The maximum atomic E-state index is 13.6. The van der Waals surface area contributed by atoms with Gasteiger partial charge in [0.1, 0.15) is 16.5 Å². The Morgan fingerprint density at radius 1 is 1.47 bits per heavy atom. The number of nitrogens with zero attached hydrogens (tertiary/aromatic N) is 2. The van der Waals surface area contributed by atoms with Crippen LogP contribution in [0.25, 0.3) is 0 Å². The van der Waals surface area contributed by atoms with Crippen LogP contribution < -0.4 is 16.0 Å². The highest BCUT2D eigenvalue weighted by molar-refractivity contribution is 7.18. The average molecular weight is 280 g/mol. The third kappa shape index (κ3) is 2.50. The zero-order valence-corrected chi connectivity index (χ0v) is 11.3. The Labute approximate surface area is 113 Å². The number of carbonyl (C=O) groups is 1. The summed E-state index contributed by atoms with van der Waals surface area (Å²) in [6.45, 7) is 0. The molecule has 0 radical (unpaired) electrons. The second kappa shape index (κ2) is 5.23. The molecule has 1 heterocycles. The van der Waals surface area contributed by atoms with Gasteiger partial charge in [0.05, 0.1) is 5.69 Å². The molecule has 1 aromatic heterocycles. The highest BCUT2D eigenvalue weighted by atomic mass is 32.1. The molecule has 0 aliphatic rings. The standard InChI is InChI=1S/C12H13FN4OS/c1-15-12-16-10(14)9(19-12)11(18)17(2)8-6-4-3-5-7(8)13/h3-6H,14H2,1-2H3,(H,15,16). The van der Waals surface area contributed by atoms with E-state index in [-0.39, 0.29) is 22.3 Å². The Bertz CT molecular complexity index is 614. The van der Waals surface area contributed by atoms with Gasteiger partial charge in [-0.15, -0.1) is 0 Å². The van der Waals surface area contributed by atoms with E-state index in [4.69, 9.17) is 5.73 Å². The van der Waals surface area contributed by atoms with Crippen LogP contribution in [0.5, 0.6) is 0 Å². The van der Waals surface area contributed by atoms with Gasteiger partial charge in [0.15, 0.2) is 5.13 Å². The molecule has 7 heteroatoms. The number of amides is 1. The van der Waals surface area contributed by atoms with Crippen molar-refractivity contribution in [3.05, 3.63) is 35.0 Å². The van der Waals surface area contributed by atoms with Gasteiger partial charge in [0.2, 0.25) is 0 Å². The van der Waals surface area contributed by atoms with Crippen LogP contribution in [0, 0.1) is 5.82 Å². The molecular formula is C12H13FN4OS. The number of hydrogen-bond donors (Lipinski definition) is 2. The number of nitrogens with one attached hydrogen (secondary N) is 1. The molecule has 0 aliphatic carbocycles. The first-order valence-corrected chi connectivity index (χ1v) is 6.33. The number of benzene rings is 1. The SMILES string of the molecule is CNc1nc(N)c(C(=O)N(C)c2ccccc2F)s1. The Morgan fingerprint density at radius 3 is 2.74 bits per heavy atom. The molecule has 0 aliphatic heterocycles. The molecule has 0 spiro atoms. The lowest BCUT2D eigenvalue weighted by atomic mass is 10.2. The fraction of sp³-hybridized carbons (Fsp3) is 0.167. The molecule has 2 aromatic rings. The minimum Gasteiger partial charge on any atom is -0.382 e. The van der Waals surface area contributed by atoms with E-state index in [1.807, 2.05) is 0 Å². The summed E-state index contributed by atoms with van der Waals surface area (Å²) in [5, 5.41) is 3.36.